The second kappa shape index (κ2) is 32.8. The zero-order chi connectivity index (χ0) is 48.1. The van der Waals surface area contributed by atoms with E-state index < -0.39 is 0 Å². The molecule has 1 aliphatic rings. The van der Waals surface area contributed by atoms with E-state index >= 15 is 0 Å². The number of hydrogen-bond donors (Lipinski definition) is 2. The second-order valence-corrected chi connectivity index (χ2v) is 18.9. The molecule has 0 radical (unpaired) electrons. The number of nitrogens with zero attached hydrogens (tertiary/aromatic N) is 2. The third kappa shape index (κ3) is 22.8. The molecule has 4 atom stereocenters. The Balaban J connectivity index is 1.49. The Morgan fingerprint density at radius 1 is 0.439 bits per heavy atom. The van der Waals surface area contributed by atoms with Crippen LogP contribution in [0.3, 0.4) is 0 Å². The topological polar surface area (TPSA) is 136 Å². The van der Waals surface area contributed by atoms with E-state index in [9.17, 15) is 19.2 Å². The van der Waals surface area contributed by atoms with Crippen molar-refractivity contribution in [1.29, 1.82) is 0 Å². The van der Waals surface area contributed by atoms with E-state index in [0.29, 0.717) is 36.1 Å². The fourth-order valence-electron chi connectivity index (χ4n) is 8.02. The number of hydrogen-bond acceptors (Lipinski definition) is 12. The van der Waals surface area contributed by atoms with Crippen molar-refractivity contribution in [3.05, 3.63) is 47.5 Å². The Morgan fingerprint density at radius 3 is 0.939 bits per heavy atom. The van der Waals surface area contributed by atoms with Crippen molar-refractivity contribution < 1.29 is 38.1 Å². The van der Waals surface area contributed by atoms with Crippen molar-refractivity contribution in [3.8, 4) is 23.0 Å². The van der Waals surface area contributed by atoms with Gasteiger partial charge in [-0.05, 0) is 61.1 Å². The number of nitrogens with one attached hydrogen (secondary N) is 2. The van der Waals surface area contributed by atoms with Crippen LogP contribution in [-0.2, 0) is 32.3 Å². The van der Waals surface area contributed by atoms with Gasteiger partial charge in [0.15, 0.2) is 0 Å². The van der Waals surface area contributed by atoms with Crippen LogP contribution in [0.4, 0.5) is 0 Å². The fraction of sp³-hybridized carbons (Fsp3) is 0.704. The third-order valence-electron chi connectivity index (χ3n) is 12.7. The minimum absolute atomic E-state index is 0.211. The second-order valence-electron chi connectivity index (χ2n) is 18.9. The number of rotatable bonds is 34. The van der Waals surface area contributed by atoms with Crippen molar-refractivity contribution in [1.82, 2.24) is 20.4 Å². The molecule has 0 bridgehead atoms. The number of carbonyl (C=O) groups excluding carboxylic acids is 4. The predicted molar refractivity (Wildman–Crippen MR) is 265 cm³/mol. The first-order chi connectivity index (χ1) is 31.8. The summed E-state index contributed by atoms with van der Waals surface area (Å²) in [6.07, 6.45) is 15.8. The highest BCUT2D eigenvalue weighted by atomic mass is 16.6. The van der Waals surface area contributed by atoms with Crippen molar-refractivity contribution in [2.75, 3.05) is 52.4 Å². The summed E-state index contributed by atoms with van der Waals surface area (Å²) < 4.78 is 23.4. The molecule has 2 aromatic rings. The van der Waals surface area contributed by atoms with E-state index in [-0.39, 0.29) is 47.5 Å². The molecule has 0 amide bonds. The molecule has 66 heavy (non-hydrogen) atoms. The number of esters is 4. The van der Waals surface area contributed by atoms with Gasteiger partial charge in [-0.1, -0.05) is 132 Å². The van der Waals surface area contributed by atoms with Crippen LogP contribution >= 0.6 is 0 Å². The quantitative estimate of drug-likeness (QED) is 0.0393. The average Bonchev–Trinajstić information content (AvgIpc) is 3.29. The van der Waals surface area contributed by atoms with Crippen molar-refractivity contribution >= 4 is 23.9 Å². The molecule has 0 aliphatic carbocycles. The van der Waals surface area contributed by atoms with Gasteiger partial charge in [0.05, 0.1) is 23.7 Å². The van der Waals surface area contributed by atoms with Crippen LogP contribution in [0.2, 0.25) is 0 Å². The minimum atomic E-state index is -0.264. The molecule has 3 rings (SSSR count). The average molecular weight is 921 g/mol. The van der Waals surface area contributed by atoms with Gasteiger partial charge in [0, 0.05) is 77.6 Å². The van der Waals surface area contributed by atoms with Crippen LogP contribution in [0.25, 0.3) is 0 Å². The zero-order valence-electron chi connectivity index (χ0n) is 42.3. The lowest BCUT2D eigenvalue weighted by atomic mass is 10.0. The summed E-state index contributed by atoms with van der Waals surface area (Å²) in [7, 11) is 0. The smallest absolute Gasteiger partial charge is 0.314 e. The van der Waals surface area contributed by atoms with Gasteiger partial charge in [-0.2, -0.15) is 0 Å². The molecular formula is C54H88N4O8. The number of benzene rings is 2. The van der Waals surface area contributed by atoms with E-state index in [1.807, 2.05) is 52.0 Å². The van der Waals surface area contributed by atoms with Crippen LogP contribution in [0.15, 0.2) is 36.4 Å². The normalized spacial score (nSPS) is 15.2. The van der Waals surface area contributed by atoms with Gasteiger partial charge in [0.1, 0.15) is 23.0 Å². The van der Waals surface area contributed by atoms with Crippen LogP contribution in [-0.4, -0.2) is 86.0 Å². The molecular weight excluding hydrogens is 833 g/mol. The largest absolute Gasteiger partial charge is 0.426 e. The van der Waals surface area contributed by atoms with Crippen molar-refractivity contribution in [2.45, 2.75) is 171 Å². The molecule has 4 unspecified atom stereocenters. The predicted octanol–water partition coefficient (Wildman–Crippen LogP) is 10.7. The molecule has 0 saturated carbocycles. The van der Waals surface area contributed by atoms with E-state index in [2.05, 4.69) is 48.1 Å². The first-order valence-electron chi connectivity index (χ1n) is 25.9. The molecule has 12 heteroatoms. The summed E-state index contributed by atoms with van der Waals surface area (Å²) in [4.78, 5) is 56.9. The molecule has 12 nitrogen and oxygen atoms in total. The highest BCUT2D eigenvalue weighted by Gasteiger charge is 2.22. The number of piperazine rings is 1. The molecule has 1 fully saturated rings. The summed E-state index contributed by atoms with van der Waals surface area (Å²) in [5.74, 6) is -0.291. The van der Waals surface area contributed by atoms with Gasteiger partial charge in [-0.15, -0.1) is 0 Å². The Hall–Kier alpha value is -3.84. The van der Waals surface area contributed by atoms with Gasteiger partial charge < -0.3 is 29.6 Å². The lowest BCUT2D eigenvalue weighted by molar-refractivity contribution is -0.140. The van der Waals surface area contributed by atoms with Crippen LogP contribution < -0.4 is 29.6 Å². The summed E-state index contributed by atoms with van der Waals surface area (Å²) in [6, 6.07) is 10.8. The van der Waals surface area contributed by atoms with Crippen LogP contribution in [0, 0.1) is 23.7 Å². The minimum Gasteiger partial charge on any atom is -0.426 e. The zero-order valence-corrected chi connectivity index (χ0v) is 42.3. The molecule has 1 saturated heterocycles. The van der Waals surface area contributed by atoms with Gasteiger partial charge in [-0.3, -0.25) is 29.0 Å². The standard InChI is InChI=1S/C54H88N4O8/c1-9-13-17-21-41(5)51(59)63-47-33-45(34-48(37-47)64-52(60)42(6)22-18-14-10-2)39-55-25-27-57-29-31-58(32-30-57)28-26-56-40-46-35-49(65-53(61)43(7)23-19-15-11-3)38-50(36-46)66-54(62)44(8)24-20-16-12-4/h33-38,41-44,55-56H,9-32,39-40H2,1-8H3. The molecule has 372 valence electrons. The Labute approximate surface area is 399 Å². The maximum Gasteiger partial charge on any atom is 0.314 e. The number of ether oxygens (including phenoxy) is 4. The molecule has 1 aliphatic heterocycles. The summed E-state index contributed by atoms with van der Waals surface area (Å²) in [6.45, 7) is 24.6. The SMILES string of the molecule is CCCCCC(C)C(=O)Oc1cc(CNCCN2CCN(CCNCc3cc(OC(=O)C(C)CCCCC)cc(OC(=O)C(C)CCCCC)c3)CC2)cc(OC(=O)C(C)CCCCC)c1. The molecule has 1 heterocycles. The van der Waals surface area contributed by atoms with Gasteiger partial charge >= 0.3 is 23.9 Å². The first-order valence-corrected chi connectivity index (χ1v) is 25.9. The number of carbonyl (C=O) groups is 4. The Kier molecular flexibility index (Phi) is 28.1. The van der Waals surface area contributed by atoms with Crippen molar-refractivity contribution in [2.24, 2.45) is 23.7 Å². The molecule has 2 aromatic carbocycles. The Morgan fingerprint density at radius 2 is 0.697 bits per heavy atom. The molecule has 0 aromatic heterocycles. The van der Waals surface area contributed by atoms with Crippen molar-refractivity contribution in [3.63, 3.8) is 0 Å². The highest BCUT2D eigenvalue weighted by Crippen LogP contribution is 2.28. The van der Waals surface area contributed by atoms with E-state index in [4.69, 9.17) is 18.9 Å². The fourth-order valence-corrected chi connectivity index (χ4v) is 8.02. The molecule has 0 spiro atoms. The lowest BCUT2D eigenvalue weighted by Crippen LogP contribution is -2.49. The number of unbranched alkanes of at least 4 members (excludes halogenated alkanes) is 8. The Bertz CT molecular complexity index is 1490. The third-order valence-corrected chi connectivity index (χ3v) is 12.7. The van der Waals surface area contributed by atoms with Crippen LogP contribution in [0.5, 0.6) is 23.0 Å². The monoisotopic (exact) mass is 921 g/mol. The highest BCUT2D eigenvalue weighted by molar-refractivity contribution is 5.77. The maximum atomic E-state index is 13.0. The molecule has 2 N–H and O–H groups in total. The van der Waals surface area contributed by atoms with Gasteiger partial charge in [-0.25, -0.2) is 0 Å². The maximum absolute atomic E-state index is 13.0. The first kappa shape index (κ1) is 56.5. The van der Waals surface area contributed by atoms with E-state index in [0.717, 1.165) is 166 Å². The van der Waals surface area contributed by atoms with Crippen LogP contribution in [0.1, 0.15) is 169 Å². The lowest BCUT2D eigenvalue weighted by Gasteiger charge is -2.34. The van der Waals surface area contributed by atoms with Gasteiger partial charge in [0.2, 0.25) is 0 Å². The summed E-state index contributed by atoms with van der Waals surface area (Å²) in [5, 5.41) is 7.10. The summed E-state index contributed by atoms with van der Waals surface area (Å²) >= 11 is 0. The summed E-state index contributed by atoms with van der Waals surface area (Å²) in [5.41, 5.74) is 1.78. The van der Waals surface area contributed by atoms with E-state index in [1.54, 1.807) is 12.1 Å². The van der Waals surface area contributed by atoms with E-state index in [1.165, 1.54) is 0 Å². The van der Waals surface area contributed by atoms with Gasteiger partial charge in [0.25, 0.3) is 0 Å².